The van der Waals surface area contributed by atoms with Gasteiger partial charge in [-0.1, -0.05) is 0 Å². The van der Waals surface area contributed by atoms with Crippen LogP contribution in [0.25, 0.3) is 0 Å². The van der Waals surface area contributed by atoms with Crippen molar-refractivity contribution in [2.24, 2.45) is 0 Å². The fourth-order valence-electron chi connectivity index (χ4n) is 1.86. The van der Waals surface area contributed by atoms with Crippen molar-refractivity contribution in [1.82, 2.24) is 0 Å². The molecular weight excluding hydrogens is 291 g/mol. The zero-order chi connectivity index (χ0) is 15.4. The van der Waals surface area contributed by atoms with Crippen LogP contribution < -0.4 is 11.1 Å². The average molecular weight is 306 g/mol. The van der Waals surface area contributed by atoms with E-state index in [-0.39, 0.29) is 11.6 Å². The van der Waals surface area contributed by atoms with E-state index in [1.807, 2.05) is 0 Å². The van der Waals surface area contributed by atoms with Gasteiger partial charge >= 0.3 is 0 Å². The molecule has 0 bridgehead atoms. The maximum atomic E-state index is 12.8. The average Bonchev–Trinajstić information content (AvgIpc) is 2.41. The van der Waals surface area contributed by atoms with Gasteiger partial charge in [-0.05, 0) is 55.0 Å². The maximum absolute atomic E-state index is 12.8. The molecule has 0 aromatic heterocycles. The van der Waals surface area contributed by atoms with Crippen LogP contribution in [0.4, 0.5) is 15.8 Å². The van der Waals surface area contributed by atoms with E-state index in [1.54, 1.807) is 25.1 Å². The second kappa shape index (κ2) is 6.49. The minimum atomic E-state index is -1.45. The van der Waals surface area contributed by atoms with Crippen molar-refractivity contribution in [2.75, 3.05) is 16.8 Å². The van der Waals surface area contributed by atoms with Gasteiger partial charge in [0.15, 0.2) is 0 Å². The van der Waals surface area contributed by atoms with Gasteiger partial charge in [-0.15, -0.1) is 0 Å². The van der Waals surface area contributed by atoms with E-state index in [0.29, 0.717) is 16.3 Å². The lowest BCUT2D eigenvalue weighted by Crippen LogP contribution is -2.19. The van der Waals surface area contributed by atoms with E-state index >= 15 is 0 Å². The molecule has 0 radical (unpaired) electrons. The molecule has 0 spiro atoms. The number of carbonyl (C=O) groups excluding carboxylic acids is 1. The molecule has 0 aliphatic carbocycles. The summed E-state index contributed by atoms with van der Waals surface area (Å²) >= 11 is 0. The highest BCUT2D eigenvalue weighted by atomic mass is 32.2. The number of anilines is 2. The molecular formula is C15H15FN2O2S. The van der Waals surface area contributed by atoms with Gasteiger partial charge in [0.05, 0.1) is 10.8 Å². The van der Waals surface area contributed by atoms with Crippen LogP contribution in [0.3, 0.4) is 0 Å². The van der Waals surface area contributed by atoms with Crippen LogP contribution in [-0.2, 0) is 15.6 Å². The Labute approximate surface area is 124 Å². The second-order valence-corrected chi connectivity index (χ2v) is 5.99. The lowest BCUT2D eigenvalue weighted by atomic mass is 10.2. The summed E-state index contributed by atoms with van der Waals surface area (Å²) in [5.41, 5.74) is 7.47. The first-order chi connectivity index (χ1) is 9.95. The van der Waals surface area contributed by atoms with Gasteiger partial charge in [0.25, 0.3) is 0 Å². The van der Waals surface area contributed by atoms with Crippen LogP contribution in [-0.4, -0.2) is 15.9 Å². The molecule has 2 aromatic carbocycles. The summed E-state index contributed by atoms with van der Waals surface area (Å²) in [6.45, 7) is 1.79. The summed E-state index contributed by atoms with van der Waals surface area (Å²) in [5.74, 6) is -0.937. The molecule has 6 heteroatoms. The molecule has 110 valence electrons. The molecule has 3 N–H and O–H groups in total. The van der Waals surface area contributed by atoms with Crippen molar-refractivity contribution >= 4 is 28.1 Å². The predicted molar refractivity (Wildman–Crippen MR) is 81.9 cm³/mol. The Hall–Kier alpha value is -2.21. The van der Waals surface area contributed by atoms with Gasteiger partial charge in [-0.2, -0.15) is 0 Å². The van der Waals surface area contributed by atoms with Gasteiger partial charge in [0, 0.05) is 16.3 Å². The highest BCUT2D eigenvalue weighted by molar-refractivity contribution is 7.85. The van der Waals surface area contributed by atoms with Gasteiger partial charge < -0.3 is 11.1 Å². The molecule has 1 amide bonds. The summed E-state index contributed by atoms with van der Waals surface area (Å²) in [7, 11) is -1.45. The normalized spacial score (nSPS) is 11.9. The Balaban J connectivity index is 2.02. The number of carbonyl (C=O) groups is 1. The molecule has 0 heterocycles. The third-order valence-corrected chi connectivity index (χ3v) is 4.31. The quantitative estimate of drug-likeness (QED) is 0.852. The second-order valence-electron chi connectivity index (χ2n) is 4.57. The van der Waals surface area contributed by atoms with Crippen LogP contribution in [0.15, 0.2) is 47.4 Å². The van der Waals surface area contributed by atoms with E-state index in [0.717, 1.165) is 5.56 Å². The summed E-state index contributed by atoms with van der Waals surface area (Å²) in [6.07, 6.45) is 0. The van der Waals surface area contributed by atoms with Crippen molar-refractivity contribution in [3.05, 3.63) is 53.8 Å². The first-order valence-electron chi connectivity index (χ1n) is 6.25. The maximum Gasteiger partial charge on any atom is 0.237 e. The highest BCUT2D eigenvalue weighted by Crippen LogP contribution is 2.17. The zero-order valence-electron chi connectivity index (χ0n) is 11.4. The Morgan fingerprint density at radius 2 is 1.90 bits per heavy atom. The molecule has 0 fully saturated rings. The highest BCUT2D eigenvalue weighted by Gasteiger charge is 2.12. The summed E-state index contributed by atoms with van der Waals surface area (Å²) in [5, 5.41) is 2.58. The molecule has 2 aromatic rings. The third kappa shape index (κ3) is 4.13. The van der Waals surface area contributed by atoms with Crippen LogP contribution in [0.2, 0.25) is 0 Å². The third-order valence-electron chi connectivity index (χ3n) is 2.83. The number of hydrogen-bond acceptors (Lipinski definition) is 3. The fraction of sp³-hybridized carbons (Fsp3) is 0.133. The molecule has 2 rings (SSSR count). The minimum Gasteiger partial charge on any atom is -0.399 e. The molecule has 1 unspecified atom stereocenters. The van der Waals surface area contributed by atoms with Crippen molar-refractivity contribution in [3.8, 4) is 0 Å². The van der Waals surface area contributed by atoms with Gasteiger partial charge in [-0.3, -0.25) is 9.00 Å². The van der Waals surface area contributed by atoms with E-state index < -0.39 is 16.7 Å². The SMILES string of the molecule is Cc1cc(N)ccc1S(=O)CC(=O)Nc1ccc(F)cc1. The lowest BCUT2D eigenvalue weighted by molar-refractivity contribution is -0.113. The molecule has 0 saturated carbocycles. The molecule has 0 saturated heterocycles. The van der Waals surface area contributed by atoms with E-state index in [9.17, 15) is 13.4 Å². The van der Waals surface area contributed by atoms with Crippen molar-refractivity contribution in [3.63, 3.8) is 0 Å². The molecule has 0 aliphatic heterocycles. The van der Waals surface area contributed by atoms with Crippen molar-refractivity contribution < 1.29 is 13.4 Å². The fourth-order valence-corrected chi connectivity index (χ4v) is 2.96. The van der Waals surface area contributed by atoms with Gasteiger partial charge in [-0.25, -0.2) is 4.39 Å². The Bertz CT molecular complexity index is 687. The van der Waals surface area contributed by atoms with Crippen LogP contribution in [0.1, 0.15) is 5.56 Å². The largest absolute Gasteiger partial charge is 0.399 e. The number of nitrogens with one attached hydrogen (secondary N) is 1. The predicted octanol–water partition coefficient (Wildman–Crippen LogP) is 2.46. The smallest absolute Gasteiger partial charge is 0.237 e. The number of aryl methyl sites for hydroxylation is 1. The Morgan fingerprint density at radius 3 is 2.52 bits per heavy atom. The number of rotatable bonds is 4. The topological polar surface area (TPSA) is 72.2 Å². The Kier molecular flexibility index (Phi) is 4.70. The summed E-state index contributed by atoms with van der Waals surface area (Å²) < 4.78 is 24.9. The lowest BCUT2D eigenvalue weighted by Gasteiger charge is -2.08. The number of benzene rings is 2. The number of amides is 1. The van der Waals surface area contributed by atoms with Crippen LogP contribution >= 0.6 is 0 Å². The number of nitrogens with two attached hydrogens (primary N) is 1. The first kappa shape index (κ1) is 15.2. The minimum absolute atomic E-state index is 0.165. The first-order valence-corrected chi connectivity index (χ1v) is 7.57. The molecule has 0 aliphatic rings. The van der Waals surface area contributed by atoms with Gasteiger partial charge in [0.1, 0.15) is 11.6 Å². The van der Waals surface area contributed by atoms with Crippen molar-refractivity contribution in [1.29, 1.82) is 0 Å². The van der Waals surface area contributed by atoms with E-state index in [1.165, 1.54) is 24.3 Å². The monoisotopic (exact) mass is 306 g/mol. The Morgan fingerprint density at radius 1 is 1.24 bits per heavy atom. The van der Waals surface area contributed by atoms with E-state index in [2.05, 4.69) is 5.32 Å². The summed E-state index contributed by atoms with van der Waals surface area (Å²) in [4.78, 5) is 12.4. The van der Waals surface area contributed by atoms with Crippen LogP contribution in [0, 0.1) is 12.7 Å². The van der Waals surface area contributed by atoms with Gasteiger partial charge in [0.2, 0.25) is 5.91 Å². The van der Waals surface area contributed by atoms with E-state index in [4.69, 9.17) is 5.73 Å². The summed E-state index contributed by atoms with van der Waals surface area (Å²) in [6, 6.07) is 10.4. The molecule has 4 nitrogen and oxygen atoms in total. The number of halogens is 1. The molecule has 1 atom stereocenters. The molecule has 21 heavy (non-hydrogen) atoms. The van der Waals surface area contributed by atoms with Crippen LogP contribution in [0.5, 0.6) is 0 Å². The standard InChI is InChI=1S/C15H15FN2O2S/c1-10-8-12(17)4-7-14(10)21(20)9-15(19)18-13-5-2-11(16)3-6-13/h2-8H,9,17H2,1H3,(H,18,19). The number of nitrogen functional groups attached to an aromatic ring is 1. The number of hydrogen-bond donors (Lipinski definition) is 2. The zero-order valence-corrected chi connectivity index (χ0v) is 12.2. The van der Waals surface area contributed by atoms with Crippen molar-refractivity contribution in [2.45, 2.75) is 11.8 Å².